The zero-order valence-corrected chi connectivity index (χ0v) is 16.7. The zero-order chi connectivity index (χ0) is 21.1. The molecule has 2 aliphatic rings. The van der Waals surface area contributed by atoms with Crippen LogP contribution in [-0.4, -0.2) is 58.8 Å². The molecule has 1 N–H and O–H groups in total. The van der Waals surface area contributed by atoms with Gasteiger partial charge in [0.1, 0.15) is 23.3 Å². The summed E-state index contributed by atoms with van der Waals surface area (Å²) in [5.41, 5.74) is 1.56. The number of halogens is 2. The van der Waals surface area contributed by atoms with E-state index < -0.39 is 23.3 Å². The first kappa shape index (κ1) is 20.8. The Balaban J connectivity index is 1.32. The molecule has 1 spiro atoms. The van der Waals surface area contributed by atoms with E-state index in [1.807, 2.05) is 6.92 Å². The lowest BCUT2D eigenvalue weighted by Gasteiger charge is -2.39. The normalized spacial score (nSPS) is 24.3. The Kier molecular flexibility index (Phi) is 6.03. The number of rotatable bonds is 5. The molecule has 1 aromatic carbocycles. The minimum absolute atomic E-state index is 0.0272. The predicted octanol–water partition coefficient (Wildman–Crippen LogP) is 1.74. The smallest absolute Gasteiger partial charge is 0.249 e. The van der Waals surface area contributed by atoms with Crippen molar-refractivity contribution in [3.8, 4) is 0 Å². The Morgan fingerprint density at radius 1 is 1.30 bits per heavy atom. The molecular weight excluding hydrogens is 394 g/mol. The minimum Gasteiger partial charge on any atom is -0.370 e. The van der Waals surface area contributed by atoms with E-state index in [-0.39, 0.29) is 12.5 Å². The van der Waals surface area contributed by atoms with Gasteiger partial charge in [-0.15, -0.1) is 0 Å². The van der Waals surface area contributed by atoms with Crippen LogP contribution < -0.4 is 5.32 Å². The van der Waals surface area contributed by atoms with Crippen LogP contribution in [0.1, 0.15) is 23.4 Å². The molecule has 1 amide bonds. The van der Waals surface area contributed by atoms with Gasteiger partial charge in [0.15, 0.2) is 0 Å². The molecule has 0 unspecified atom stereocenters. The summed E-state index contributed by atoms with van der Waals surface area (Å²) in [5, 5.41) is 2.69. The van der Waals surface area contributed by atoms with Gasteiger partial charge in [0.25, 0.3) is 0 Å². The van der Waals surface area contributed by atoms with Crippen molar-refractivity contribution < 1.29 is 23.0 Å². The van der Waals surface area contributed by atoms with E-state index in [9.17, 15) is 13.6 Å². The van der Waals surface area contributed by atoms with Gasteiger partial charge in [0.05, 0.1) is 24.6 Å². The Hall–Kier alpha value is -2.49. The van der Waals surface area contributed by atoms with Gasteiger partial charge >= 0.3 is 0 Å². The molecule has 2 aromatic rings. The van der Waals surface area contributed by atoms with E-state index in [0.717, 1.165) is 24.0 Å². The fourth-order valence-electron chi connectivity index (χ4n) is 3.98. The highest BCUT2D eigenvalue weighted by Gasteiger charge is 2.46. The number of morpholine rings is 1. The second-order valence-electron chi connectivity index (χ2n) is 7.89. The molecule has 3 heterocycles. The van der Waals surface area contributed by atoms with Gasteiger partial charge in [-0.1, -0.05) is 0 Å². The number of carbonyl (C=O) groups is 1. The van der Waals surface area contributed by atoms with E-state index in [0.29, 0.717) is 38.3 Å². The third kappa shape index (κ3) is 4.97. The summed E-state index contributed by atoms with van der Waals surface area (Å²) in [6, 6.07) is 3.18. The van der Waals surface area contributed by atoms with Gasteiger partial charge in [0, 0.05) is 51.1 Å². The first-order chi connectivity index (χ1) is 14.4. The van der Waals surface area contributed by atoms with E-state index in [4.69, 9.17) is 9.47 Å². The van der Waals surface area contributed by atoms with Crippen molar-refractivity contribution in [2.75, 3.05) is 26.3 Å². The summed E-state index contributed by atoms with van der Waals surface area (Å²) < 4.78 is 38.3. The van der Waals surface area contributed by atoms with Gasteiger partial charge in [-0.25, -0.2) is 8.78 Å². The van der Waals surface area contributed by atoms with Crippen molar-refractivity contribution in [3.63, 3.8) is 0 Å². The standard InChI is InChI=1S/C21H24F2N4O3/c1-14-8-24-10-18(26-14)11-27-2-3-30-21(12-27)7-19(29-13-21)20(28)25-9-15-4-16(22)6-17(23)5-15/h4-6,8,10,19H,2-3,7,9,11-13H2,1H3,(H,25,28)/t19-,21-/m0/s1. The number of aryl methyl sites for hydroxylation is 1. The molecule has 0 saturated carbocycles. The number of amides is 1. The van der Waals surface area contributed by atoms with Crippen LogP contribution in [0.25, 0.3) is 0 Å². The Morgan fingerprint density at radius 3 is 2.87 bits per heavy atom. The molecule has 7 nitrogen and oxygen atoms in total. The number of hydrogen-bond donors (Lipinski definition) is 1. The topological polar surface area (TPSA) is 76.6 Å². The van der Waals surface area contributed by atoms with Crippen LogP contribution in [0.3, 0.4) is 0 Å². The Labute approximate surface area is 173 Å². The first-order valence-corrected chi connectivity index (χ1v) is 9.89. The molecule has 2 saturated heterocycles. The molecule has 0 radical (unpaired) electrons. The highest BCUT2D eigenvalue weighted by molar-refractivity contribution is 5.81. The second kappa shape index (κ2) is 8.71. The largest absolute Gasteiger partial charge is 0.370 e. The number of aromatic nitrogens is 2. The molecule has 160 valence electrons. The summed E-state index contributed by atoms with van der Waals surface area (Å²) in [4.78, 5) is 23.4. The molecule has 0 bridgehead atoms. The molecule has 0 aliphatic carbocycles. The number of benzene rings is 1. The summed E-state index contributed by atoms with van der Waals surface area (Å²) in [6.45, 7) is 4.83. The van der Waals surface area contributed by atoms with Crippen molar-refractivity contribution in [3.05, 3.63) is 59.2 Å². The van der Waals surface area contributed by atoms with Crippen molar-refractivity contribution in [1.82, 2.24) is 20.2 Å². The molecule has 1 aromatic heterocycles. The summed E-state index contributed by atoms with van der Waals surface area (Å²) in [7, 11) is 0. The van der Waals surface area contributed by atoms with E-state index in [1.165, 1.54) is 12.1 Å². The molecule has 4 rings (SSSR count). The molecule has 2 atom stereocenters. The van der Waals surface area contributed by atoms with E-state index >= 15 is 0 Å². The van der Waals surface area contributed by atoms with E-state index in [2.05, 4.69) is 20.2 Å². The van der Waals surface area contributed by atoms with Crippen LogP contribution in [0.15, 0.2) is 30.6 Å². The number of hydrogen-bond acceptors (Lipinski definition) is 6. The summed E-state index contributed by atoms with van der Waals surface area (Å²) in [5.74, 6) is -1.67. The monoisotopic (exact) mass is 418 g/mol. The average molecular weight is 418 g/mol. The molecule has 9 heteroatoms. The predicted molar refractivity (Wildman–Crippen MR) is 103 cm³/mol. The average Bonchev–Trinajstić information content (AvgIpc) is 3.08. The maximum absolute atomic E-state index is 13.3. The Morgan fingerprint density at radius 2 is 2.10 bits per heavy atom. The highest BCUT2D eigenvalue weighted by Crippen LogP contribution is 2.32. The third-order valence-corrected chi connectivity index (χ3v) is 5.30. The van der Waals surface area contributed by atoms with Crippen molar-refractivity contribution in [2.45, 2.75) is 38.1 Å². The first-order valence-electron chi connectivity index (χ1n) is 9.89. The van der Waals surface area contributed by atoms with Gasteiger partial charge in [-0.05, 0) is 24.6 Å². The van der Waals surface area contributed by atoms with Crippen LogP contribution in [-0.2, 0) is 27.4 Å². The van der Waals surface area contributed by atoms with Crippen LogP contribution >= 0.6 is 0 Å². The van der Waals surface area contributed by atoms with E-state index in [1.54, 1.807) is 12.4 Å². The zero-order valence-electron chi connectivity index (χ0n) is 16.7. The maximum Gasteiger partial charge on any atom is 0.249 e. The fraction of sp³-hybridized carbons (Fsp3) is 0.476. The molecular formula is C21H24F2N4O3. The van der Waals surface area contributed by atoms with Crippen molar-refractivity contribution in [2.24, 2.45) is 0 Å². The Bertz CT molecular complexity index is 909. The molecule has 2 fully saturated rings. The molecule has 30 heavy (non-hydrogen) atoms. The minimum atomic E-state index is -0.677. The lowest BCUT2D eigenvalue weighted by Crippen LogP contribution is -2.52. The van der Waals surface area contributed by atoms with Crippen LogP contribution in [0, 0.1) is 18.6 Å². The fourth-order valence-corrected chi connectivity index (χ4v) is 3.98. The van der Waals surface area contributed by atoms with Gasteiger partial charge in [-0.2, -0.15) is 0 Å². The van der Waals surface area contributed by atoms with Crippen LogP contribution in [0.5, 0.6) is 0 Å². The summed E-state index contributed by atoms with van der Waals surface area (Å²) in [6.07, 6.45) is 3.23. The molecule has 2 aliphatic heterocycles. The summed E-state index contributed by atoms with van der Waals surface area (Å²) >= 11 is 0. The van der Waals surface area contributed by atoms with Crippen molar-refractivity contribution >= 4 is 5.91 Å². The number of ether oxygens (including phenoxy) is 2. The number of carbonyl (C=O) groups excluding carboxylic acids is 1. The second-order valence-corrected chi connectivity index (χ2v) is 7.89. The van der Waals surface area contributed by atoms with Crippen LogP contribution in [0.2, 0.25) is 0 Å². The van der Waals surface area contributed by atoms with Crippen LogP contribution in [0.4, 0.5) is 8.78 Å². The number of nitrogens with zero attached hydrogens (tertiary/aromatic N) is 3. The maximum atomic E-state index is 13.3. The van der Waals surface area contributed by atoms with Gasteiger partial charge in [0.2, 0.25) is 5.91 Å². The number of nitrogens with one attached hydrogen (secondary N) is 1. The van der Waals surface area contributed by atoms with Crippen molar-refractivity contribution in [1.29, 1.82) is 0 Å². The highest BCUT2D eigenvalue weighted by atomic mass is 19.1. The lowest BCUT2D eigenvalue weighted by molar-refractivity contribution is -0.130. The van der Waals surface area contributed by atoms with Gasteiger partial charge < -0.3 is 14.8 Å². The van der Waals surface area contributed by atoms with Gasteiger partial charge in [-0.3, -0.25) is 19.7 Å². The third-order valence-electron chi connectivity index (χ3n) is 5.30. The SMILES string of the molecule is Cc1cncc(CN2CCO[C@]3(CO[C@H](C(=O)NCc4cc(F)cc(F)c4)C3)C2)n1. The lowest BCUT2D eigenvalue weighted by atomic mass is 9.97. The quantitative estimate of drug-likeness (QED) is 0.797.